The summed E-state index contributed by atoms with van der Waals surface area (Å²) in [6.07, 6.45) is 4.64. The smallest absolute Gasteiger partial charge is 0.303 e. The maximum atomic E-state index is 13.9. The van der Waals surface area contributed by atoms with Crippen molar-refractivity contribution in [1.29, 1.82) is 0 Å². The highest BCUT2D eigenvalue weighted by Gasteiger charge is 2.23. The van der Waals surface area contributed by atoms with Gasteiger partial charge in [0.2, 0.25) is 0 Å². The van der Waals surface area contributed by atoms with Gasteiger partial charge in [-0.2, -0.15) is 5.10 Å². The van der Waals surface area contributed by atoms with Gasteiger partial charge in [0.05, 0.1) is 11.9 Å². The Morgan fingerprint density at radius 1 is 1.12 bits per heavy atom. The van der Waals surface area contributed by atoms with Gasteiger partial charge >= 0.3 is 6.03 Å². The molecule has 0 atom stereocenters. The minimum Gasteiger partial charge on any atom is -0.303 e. The second-order valence-electron chi connectivity index (χ2n) is 5.13. The van der Waals surface area contributed by atoms with Crippen molar-refractivity contribution in [2.75, 3.05) is 0 Å². The number of fused-ring (bicyclic) bond motifs is 1. The van der Waals surface area contributed by atoms with E-state index < -0.39 is 11.9 Å². The lowest BCUT2D eigenvalue weighted by atomic mass is 10.1. The maximum absolute atomic E-state index is 13.9. The second-order valence-corrected chi connectivity index (χ2v) is 5.13. The molecule has 1 aromatic carbocycles. The van der Waals surface area contributed by atoms with E-state index in [4.69, 9.17) is 0 Å². The molecule has 118 valence electrons. The number of imide groups is 1. The topological polar surface area (TPSA) is 88.4 Å². The molecule has 0 spiro atoms. The van der Waals surface area contributed by atoms with Crippen LogP contribution in [0.1, 0.15) is 5.56 Å². The van der Waals surface area contributed by atoms with E-state index in [1.165, 1.54) is 22.9 Å². The van der Waals surface area contributed by atoms with Crippen LogP contribution in [0.5, 0.6) is 0 Å². The summed E-state index contributed by atoms with van der Waals surface area (Å²) < 4.78 is 15.5. The number of nitrogens with zero attached hydrogens (tertiary/aromatic N) is 3. The van der Waals surface area contributed by atoms with Gasteiger partial charge in [-0.3, -0.25) is 10.1 Å². The third-order valence-electron chi connectivity index (χ3n) is 3.57. The number of rotatable bonds is 2. The first-order valence-corrected chi connectivity index (χ1v) is 7.05. The number of hydrogen-bond acceptors (Lipinski definition) is 4. The molecule has 0 unspecified atom stereocenters. The number of halogens is 1. The minimum absolute atomic E-state index is 0.105. The van der Waals surface area contributed by atoms with Crippen LogP contribution in [0, 0.1) is 5.82 Å². The van der Waals surface area contributed by atoms with E-state index in [0.29, 0.717) is 22.5 Å². The Morgan fingerprint density at radius 3 is 2.71 bits per heavy atom. The van der Waals surface area contributed by atoms with Gasteiger partial charge in [-0.15, -0.1) is 0 Å². The predicted octanol–water partition coefficient (Wildman–Crippen LogP) is 1.72. The summed E-state index contributed by atoms with van der Waals surface area (Å²) in [6.45, 7) is 0. The summed E-state index contributed by atoms with van der Waals surface area (Å²) in [6, 6.07) is 7.39. The van der Waals surface area contributed by atoms with Gasteiger partial charge in [0, 0.05) is 17.3 Å². The van der Waals surface area contributed by atoms with E-state index in [1.54, 1.807) is 30.5 Å². The van der Waals surface area contributed by atoms with Crippen molar-refractivity contribution in [2.45, 2.75) is 0 Å². The summed E-state index contributed by atoms with van der Waals surface area (Å²) in [5.74, 6) is -0.902. The van der Waals surface area contributed by atoms with Crippen LogP contribution in [-0.2, 0) is 4.79 Å². The van der Waals surface area contributed by atoms with Crippen molar-refractivity contribution in [1.82, 2.24) is 25.2 Å². The number of aromatic nitrogens is 3. The Hall–Kier alpha value is -3.55. The molecule has 1 aliphatic heterocycles. The lowest BCUT2D eigenvalue weighted by molar-refractivity contribution is -0.115. The highest BCUT2D eigenvalue weighted by atomic mass is 19.1. The first kappa shape index (κ1) is 14.1. The molecule has 24 heavy (non-hydrogen) atoms. The number of hydrogen-bond donors (Lipinski definition) is 2. The van der Waals surface area contributed by atoms with Crippen molar-refractivity contribution in [3.05, 3.63) is 59.8 Å². The molecular formula is C16H10FN5O2. The van der Waals surface area contributed by atoms with E-state index in [9.17, 15) is 14.0 Å². The van der Waals surface area contributed by atoms with Crippen LogP contribution in [0.15, 0.2) is 48.4 Å². The average Bonchev–Trinajstić information content (AvgIpc) is 3.11. The third-order valence-corrected chi connectivity index (χ3v) is 3.57. The van der Waals surface area contributed by atoms with Crippen molar-refractivity contribution < 1.29 is 14.0 Å². The van der Waals surface area contributed by atoms with E-state index in [1.807, 2.05) is 0 Å². The molecule has 3 aromatic rings. The monoisotopic (exact) mass is 323 g/mol. The molecule has 0 radical (unpaired) electrons. The van der Waals surface area contributed by atoms with Gasteiger partial charge in [-0.25, -0.2) is 18.7 Å². The number of carbonyl (C=O) groups excluding carboxylic acids is 2. The predicted molar refractivity (Wildman–Crippen MR) is 83.0 cm³/mol. The Balaban J connectivity index is 1.83. The summed E-state index contributed by atoms with van der Waals surface area (Å²) in [5.41, 5.74) is 1.89. The van der Waals surface area contributed by atoms with Gasteiger partial charge in [-0.1, -0.05) is 12.1 Å². The molecule has 0 bridgehead atoms. The molecule has 2 N–H and O–H groups in total. The van der Waals surface area contributed by atoms with E-state index in [0.717, 1.165) is 0 Å². The average molecular weight is 323 g/mol. The van der Waals surface area contributed by atoms with E-state index >= 15 is 0 Å². The van der Waals surface area contributed by atoms with Gasteiger partial charge < -0.3 is 5.32 Å². The third kappa shape index (κ3) is 2.30. The zero-order valence-electron chi connectivity index (χ0n) is 12.2. The van der Waals surface area contributed by atoms with E-state index in [2.05, 4.69) is 20.7 Å². The SMILES string of the molecule is O=C1NC(=O)/C(=C\c2cnn3ccc(-c4ccccc4F)nc23)N1. The van der Waals surface area contributed by atoms with Gasteiger partial charge in [0.15, 0.2) is 5.65 Å². The standard InChI is InChI=1S/C16H10FN5O2/c17-11-4-2-1-3-10(11)12-5-6-22-14(19-12)9(8-18-22)7-13-15(23)21-16(24)20-13/h1-8H,(H2,20,21,23,24)/b13-7+. The minimum atomic E-state index is -0.581. The zero-order valence-corrected chi connectivity index (χ0v) is 12.2. The van der Waals surface area contributed by atoms with Gasteiger partial charge in [-0.05, 0) is 24.3 Å². The highest BCUT2D eigenvalue weighted by molar-refractivity contribution is 6.14. The van der Waals surface area contributed by atoms with Crippen LogP contribution in [0.2, 0.25) is 0 Å². The molecule has 3 heterocycles. The Labute approximate surface area is 134 Å². The first-order valence-electron chi connectivity index (χ1n) is 7.05. The molecule has 3 amide bonds. The molecular weight excluding hydrogens is 313 g/mol. The second kappa shape index (κ2) is 5.27. The van der Waals surface area contributed by atoms with Crippen LogP contribution >= 0.6 is 0 Å². The van der Waals surface area contributed by atoms with Crippen molar-refractivity contribution in [3.63, 3.8) is 0 Å². The van der Waals surface area contributed by atoms with Crippen LogP contribution < -0.4 is 10.6 Å². The van der Waals surface area contributed by atoms with Crippen LogP contribution in [0.4, 0.5) is 9.18 Å². The molecule has 4 rings (SSSR count). The van der Waals surface area contributed by atoms with Crippen molar-refractivity contribution >= 4 is 23.7 Å². The lowest BCUT2D eigenvalue weighted by Crippen LogP contribution is -2.22. The molecule has 2 aromatic heterocycles. The Bertz CT molecular complexity index is 1020. The quantitative estimate of drug-likeness (QED) is 0.555. The van der Waals surface area contributed by atoms with Crippen LogP contribution in [-0.4, -0.2) is 26.5 Å². The zero-order chi connectivity index (χ0) is 16.7. The van der Waals surface area contributed by atoms with Crippen molar-refractivity contribution in [3.8, 4) is 11.3 Å². The fourth-order valence-electron chi connectivity index (χ4n) is 2.45. The molecule has 7 nitrogen and oxygen atoms in total. The molecule has 0 aliphatic carbocycles. The van der Waals surface area contributed by atoms with E-state index in [-0.39, 0.29) is 11.5 Å². The van der Waals surface area contributed by atoms with Crippen molar-refractivity contribution in [2.24, 2.45) is 0 Å². The number of carbonyl (C=O) groups is 2. The van der Waals surface area contributed by atoms with Gasteiger partial charge in [0.25, 0.3) is 5.91 Å². The van der Waals surface area contributed by atoms with Crippen LogP contribution in [0.3, 0.4) is 0 Å². The maximum Gasteiger partial charge on any atom is 0.326 e. The largest absolute Gasteiger partial charge is 0.326 e. The molecule has 8 heteroatoms. The molecule has 0 saturated carbocycles. The molecule has 1 fully saturated rings. The fourth-order valence-corrected chi connectivity index (χ4v) is 2.45. The summed E-state index contributed by atoms with van der Waals surface area (Å²) in [7, 11) is 0. The molecule has 1 aliphatic rings. The highest BCUT2D eigenvalue weighted by Crippen LogP contribution is 2.22. The number of benzene rings is 1. The number of nitrogens with one attached hydrogen (secondary N) is 2. The Morgan fingerprint density at radius 2 is 1.96 bits per heavy atom. The molecule has 1 saturated heterocycles. The summed E-state index contributed by atoms with van der Waals surface area (Å²) in [4.78, 5) is 27.2. The number of urea groups is 1. The Kier molecular flexibility index (Phi) is 3.09. The fraction of sp³-hybridized carbons (Fsp3) is 0. The summed E-state index contributed by atoms with van der Waals surface area (Å²) in [5, 5.41) is 8.65. The number of amides is 3. The normalized spacial score (nSPS) is 15.8. The summed E-state index contributed by atoms with van der Waals surface area (Å²) >= 11 is 0. The first-order chi connectivity index (χ1) is 11.6. The van der Waals surface area contributed by atoms with Crippen LogP contribution in [0.25, 0.3) is 23.0 Å². The van der Waals surface area contributed by atoms with Gasteiger partial charge in [0.1, 0.15) is 11.5 Å². The lowest BCUT2D eigenvalue weighted by Gasteiger charge is -2.03.